The summed E-state index contributed by atoms with van der Waals surface area (Å²) in [6, 6.07) is 3.15. The fourth-order valence-electron chi connectivity index (χ4n) is 1.92. The Labute approximate surface area is 111 Å². The average Bonchev–Trinajstić information content (AvgIpc) is 3.16. The first-order valence-corrected chi connectivity index (χ1v) is 6.46. The predicted octanol–water partition coefficient (Wildman–Crippen LogP) is 0.272. The third kappa shape index (κ3) is 3.89. The van der Waals surface area contributed by atoms with Crippen molar-refractivity contribution in [2.24, 2.45) is 0 Å². The molecule has 0 unspecified atom stereocenters. The molecular formula is C13H19N3O3. The highest BCUT2D eigenvalue weighted by molar-refractivity contribution is 5.75. The Hall–Kier alpha value is -1.69. The third-order valence-electron chi connectivity index (χ3n) is 3.00. The molecule has 1 N–H and O–H groups in total. The van der Waals surface area contributed by atoms with Crippen molar-refractivity contribution >= 4 is 5.91 Å². The number of ether oxygens (including phenoxy) is 1. The lowest BCUT2D eigenvalue weighted by Crippen LogP contribution is -2.40. The Kier molecular flexibility index (Phi) is 4.31. The molecule has 0 aromatic carbocycles. The fourth-order valence-corrected chi connectivity index (χ4v) is 1.92. The van der Waals surface area contributed by atoms with Crippen LogP contribution in [-0.4, -0.2) is 35.4 Å². The number of methoxy groups -OCH3 is 1. The van der Waals surface area contributed by atoms with E-state index in [2.05, 4.69) is 10.4 Å². The van der Waals surface area contributed by atoms with Gasteiger partial charge >= 0.3 is 0 Å². The summed E-state index contributed by atoms with van der Waals surface area (Å²) in [5.41, 5.74) is 0.649. The minimum Gasteiger partial charge on any atom is -0.383 e. The van der Waals surface area contributed by atoms with Crippen molar-refractivity contribution in [1.82, 2.24) is 15.1 Å². The van der Waals surface area contributed by atoms with E-state index in [0.717, 1.165) is 18.5 Å². The van der Waals surface area contributed by atoms with Crippen LogP contribution in [0.25, 0.3) is 0 Å². The van der Waals surface area contributed by atoms with Crippen LogP contribution in [0.1, 0.15) is 31.4 Å². The SMILES string of the molecule is COC[C@@H](C)NC(=O)Cn1nc(C2CC2)ccc1=O. The van der Waals surface area contributed by atoms with Crippen molar-refractivity contribution in [1.29, 1.82) is 0 Å². The number of nitrogens with one attached hydrogen (secondary N) is 1. The van der Waals surface area contributed by atoms with Crippen LogP contribution in [0.15, 0.2) is 16.9 Å². The van der Waals surface area contributed by atoms with Crippen molar-refractivity contribution in [2.45, 2.75) is 38.3 Å². The molecule has 0 radical (unpaired) electrons. The molecule has 6 heteroatoms. The van der Waals surface area contributed by atoms with E-state index in [1.807, 2.05) is 6.92 Å². The molecule has 1 aliphatic carbocycles. The zero-order valence-corrected chi connectivity index (χ0v) is 11.3. The van der Waals surface area contributed by atoms with E-state index in [0.29, 0.717) is 12.5 Å². The van der Waals surface area contributed by atoms with Crippen LogP contribution >= 0.6 is 0 Å². The summed E-state index contributed by atoms with van der Waals surface area (Å²) in [4.78, 5) is 23.4. The molecular weight excluding hydrogens is 246 g/mol. The Morgan fingerprint density at radius 2 is 2.32 bits per heavy atom. The highest BCUT2D eigenvalue weighted by Crippen LogP contribution is 2.38. The number of rotatable bonds is 6. The normalized spacial score (nSPS) is 16.1. The van der Waals surface area contributed by atoms with Crippen molar-refractivity contribution < 1.29 is 9.53 Å². The van der Waals surface area contributed by atoms with Gasteiger partial charge in [-0.15, -0.1) is 0 Å². The topological polar surface area (TPSA) is 73.2 Å². The number of hydrogen-bond donors (Lipinski definition) is 1. The van der Waals surface area contributed by atoms with E-state index in [9.17, 15) is 9.59 Å². The first kappa shape index (κ1) is 13.7. The number of aromatic nitrogens is 2. The predicted molar refractivity (Wildman–Crippen MR) is 70.0 cm³/mol. The van der Waals surface area contributed by atoms with Gasteiger partial charge in [-0.1, -0.05) is 0 Å². The smallest absolute Gasteiger partial charge is 0.267 e. The van der Waals surface area contributed by atoms with Gasteiger partial charge < -0.3 is 10.1 Å². The van der Waals surface area contributed by atoms with Gasteiger partial charge in [-0.25, -0.2) is 4.68 Å². The molecule has 1 aromatic heterocycles. The maximum absolute atomic E-state index is 11.8. The first-order chi connectivity index (χ1) is 9.10. The second kappa shape index (κ2) is 5.97. The van der Waals surface area contributed by atoms with Crippen LogP contribution in [0.4, 0.5) is 0 Å². The van der Waals surface area contributed by atoms with E-state index in [1.165, 1.54) is 10.7 Å². The summed E-state index contributed by atoms with van der Waals surface area (Å²) in [5, 5.41) is 7.00. The maximum atomic E-state index is 11.8. The molecule has 2 rings (SSSR count). The van der Waals surface area contributed by atoms with Gasteiger partial charge in [0.15, 0.2) is 0 Å². The minimum absolute atomic E-state index is 0.0482. The van der Waals surface area contributed by atoms with Crippen LogP contribution in [0.3, 0.4) is 0 Å². The van der Waals surface area contributed by atoms with Crippen molar-refractivity contribution in [3.05, 3.63) is 28.2 Å². The molecule has 19 heavy (non-hydrogen) atoms. The highest BCUT2D eigenvalue weighted by Gasteiger charge is 2.25. The molecule has 1 aromatic rings. The molecule has 1 amide bonds. The summed E-state index contributed by atoms with van der Waals surface area (Å²) in [7, 11) is 1.58. The van der Waals surface area contributed by atoms with Crippen LogP contribution in [0.2, 0.25) is 0 Å². The Balaban J connectivity index is 1.99. The third-order valence-corrected chi connectivity index (χ3v) is 3.00. The molecule has 6 nitrogen and oxygen atoms in total. The number of nitrogens with zero attached hydrogens (tertiary/aromatic N) is 2. The minimum atomic E-state index is -0.251. The van der Waals surface area contributed by atoms with Crippen molar-refractivity contribution in [2.75, 3.05) is 13.7 Å². The maximum Gasteiger partial charge on any atom is 0.267 e. The zero-order valence-electron chi connectivity index (χ0n) is 11.3. The van der Waals surface area contributed by atoms with E-state index in [1.54, 1.807) is 13.2 Å². The molecule has 0 saturated heterocycles. The molecule has 0 spiro atoms. The highest BCUT2D eigenvalue weighted by atomic mass is 16.5. The van der Waals surface area contributed by atoms with Crippen molar-refractivity contribution in [3.8, 4) is 0 Å². The quantitative estimate of drug-likeness (QED) is 0.801. The fraction of sp³-hybridized carbons (Fsp3) is 0.615. The number of carbonyl (C=O) groups excluding carboxylic acids is 1. The summed E-state index contributed by atoms with van der Waals surface area (Å²) < 4.78 is 6.16. The molecule has 1 saturated carbocycles. The van der Waals surface area contributed by atoms with Gasteiger partial charge in [0, 0.05) is 25.1 Å². The standard InChI is InChI=1S/C13H19N3O3/c1-9(8-19-2)14-12(17)7-16-13(18)6-5-11(15-16)10-3-4-10/h5-6,9-10H,3-4,7-8H2,1-2H3,(H,14,17)/t9-/m1/s1. The van der Waals surface area contributed by atoms with E-state index in [4.69, 9.17) is 4.74 Å². The van der Waals surface area contributed by atoms with Crippen LogP contribution in [-0.2, 0) is 16.1 Å². The first-order valence-electron chi connectivity index (χ1n) is 6.46. The summed E-state index contributed by atoms with van der Waals surface area (Å²) in [6.07, 6.45) is 2.23. The molecule has 0 aliphatic heterocycles. The second-order valence-electron chi connectivity index (χ2n) is 4.95. The molecule has 1 heterocycles. The van der Waals surface area contributed by atoms with Gasteiger partial charge in [0.2, 0.25) is 5.91 Å². The van der Waals surface area contributed by atoms with E-state index >= 15 is 0 Å². The van der Waals surface area contributed by atoms with Gasteiger partial charge in [-0.2, -0.15) is 5.10 Å². The zero-order chi connectivity index (χ0) is 13.8. The van der Waals surface area contributed by atoms with Gasteiger partial charge in [-0.3, -0.25) is 9.59 Å². The Bertz CT molecular complexity index is 508. The van der Waals surface area contributed by atoms with E-state index in [-0.39, 0.29) is 24.1 Å². The number of carbonyl (C=O) groups is 1. The lowest BCUT2D eigenvalue weighted by Gasteiger charge is -2.13. The molecule has 0 bridgehead atoms. The summed E-state index contributed by atoms with van der Waals surface area (Å²) in [6.45, 7) is 2.24. The van der Waals surface area contributed by atoms with Crippen LogP contribution < -0.4 is 10.9 Å². The van der Waals surface area contributed by atoms with Gasteiger partial charge in [0.05, 0.1) is 12.3 Å². The van der Waals surface area contributed by atoms with Gasteiger partial charge in [0.25, 0.3) is 5.56 Å². The largest absolute Gasteiger partial charge is 0.383 e. The van der Waals surface area contributed by atoms with Crippen LogP contribution in [0.5, 0.6) is 0 Å². The average molecular weight is 265 g/mol. The van der Waals surface area contributed by atoms with Crippen molar-refractivity contribution in [3.63, 3.8) is 0 Å². The Morgan fingerprint density at radius 3 is 2.95 bits per heavy atom. The lowest BCUT2D eigenvalue weighted by atomic mass is 10.3. The summed E-state index contributed by atoms with van der Waals surface area (Å²) >= 11 is 0. The summed E-state index contributed by atoms with van der Waals surface area (Å²) in [5.74, 6) is 0.231. The van der Waals surface area contributed by atoms with E-state index < -0.39 is 0 Å². The van der Waals surface area contributed by atoms with Gasteiger partial charge in [0.1, 0.15) is 6.54 Å². The monoisotopic (exact) mass is 265 g/mol. The molecule has 104 valence electrons. The lowest BCUT2D eigenvalue weighted by molar-refractivity contribution is -0.122. The van der Waals surface area contributed by atoms with Gasteiger partial charge in [-0.05, 0) is 25.8 Å². The van der Waals surface area contributed by atoms with Crippen LogP contribution in [0, 0.1) is 0 Å². The number of amides is 1. The number of hydrogen-bond acceptors (Lipinski definition) is 4. The molecule has 1 atom stereocenters. The molecule has 1 aliphatic rings. The molecule has 1 fully saturated rings. The Morgan fingerprint density at radius 1 is 1.58 bits per heavy atom. The second-order valence-corrected chi connectivity index (χ2v) is 4.95.